The van der Waals surface area contributed by atoms with Gasteiger partial charge < -0.3 is 15.4 Å². The van der Waals surface area contributed by atoms with Gasteiger partial charge in [-0.05, 0) is 54.7 Å². The normalized spacial score (nSPS) is 15.9. The van der Waals surface area contributed by atoms with Crippen LogP contribution >= 0.6 is 0 Å². The monoisotopic (exact) mass is 449 g/mol. The molecule has 0 amide bonds. The van der Waals surface area contributed by atoms with E-state index >= 15 is 0 Å². The van der Waals surface area contributed by atoms with E-state index < -0.39 is 0 Å². The molecule has 2 aromatic carbocycles. The lowest BCUT2D eigenvalue weighted by atomic mass is 9.74. The van der Waals surface area contributed by atoms with Crippen LogP contribution in [0.3, 0.4) is 0 Å². The summed E-state index contributed by atoms with van der Waals surface area (Å²) < 4.78 is 21.1. The van der Waals surface area contributed by atoms with Crippen molar-refractivity contribution in [3.63, 3.8) is 0 Å². The van der Waals surface area contributed by atoms with Crippen LogP contribution in [-0.4, -0.2) is 42.0 Å². The highest BCUT2D eigenvalue weighted by Crippen LogP contribution is 2.34. The maximum Gasteiger partial charge on any atom is 0.191 e. The molecule has 33 heavy (non-hydrogen) atoms. The summed E-state index contributed by atoms with van der Waals surface area (Å²) in [6, 6.07) is 17.2. The van der Waals surface area contributed by atoms with E-state index in [0.717, 1.165) is 37.5 Å². The Morgan fingerprint density at radius 1 is 1.06 bits per heavy atom. The summed E-state index contributed by atoms with van der Waals surface area (Å²) in [4.78, 5) is 4.87. The number of nitrogens with zero attached hydrogens (tertiary/aromatic N) is 3. The number of hydrogen-bond acceptors (Lipinski definition) is 3. The first kappa shape index (κ1) is 23.0. The van der Waals surface area contributed by atoms with Crippen molar-refractivity contribution in [2.75, 3.05) is 26.3 Å². The lowest BCUT2D eigenvalue weighted by Crippen LogP contribution is -2.48. The lowest BCUT2D eigenvalue weighted by molar-refractivity contribution is 0.0513. The van der Waals surface area contributed by atoms with E-state index in [1.54, 1.807) is 18.3 Å². The molecule has 0 saturated carbocycles. The van der Waals surface area contributed by atoms with Gasteiger partial charge >= 0.3 is 0 Å². The predicted octanol–water partition coefficient (Wildman–Crippen LogP) is 3.87. The van der Waals surface area contributed by atoms with Gasteiger partial charge in [0.1, 0.15) is 5.82 Å². The fourth-order valence-electron chi connectivity index (χ4n) is 4.33. The van der Waals surface area contributed by atoms with Gasteiger partial charge in [0.25, 0.3) is 0 Å². The van der Waals surface area contributed by atoms with Crippen molar-refractivity contribution in [3.8, 4) is 0 Å². The minimum Gasteiger partial charge on any atom is -0.381 e. The SMILES string of the molecule is CCNC(=NCc1ccccc1Cn1cccn1)NCC1(c2ccc(F)cc2)CCOCC1. The van der Waals surface area contributed by atoms with Gasteiger partial charge in [-0.25, -0.2) is 9.38 Å². The van der Waals surface area contributed by atoms with E-state index in [1.807, 2.05) is 41.2 Å². The number of aromatic nitrogens is 2. The third-order valence-corrected chi connectivity index (χ3v) is 6.26. The first-order chi connectivity index (χ1) is 16.2. The summed E-state index contributed by atoms with van der Waals surface area (Å²) in [5.74, 6) is 0.567. The Morgan fingerprint density at radius 3 is 2.52 bits per heavy atom. The first-order valence-corrected chi connectivity index (χ1v) is 11.6. The molecule has 7 heteroatoms. The molecule has 1 aromatic heterocycles. The van der Waals surface area contributed by atoms with Crippen LogP contribution in [0, 0.1) is 5.82 Å². The average molecular weight is 450 g/mol. The number of halogens is 1. The molecule has 0 aliphatic carbocycles. The van der Waals surface area contributed by atoms with Crippen LogP contribution in [0.1, 0.15) is 36.5 Å². The quantitative estimate of drug-likeness (QED) is 0.405. The average Bonchev–Trinajstić information content (AvgIpc) is 3.36. The molecule has 174 valence electrons. The molecule has 4 rings (SSSR count). The second-order valence-electron chi connectivity index (χ2n) is 8.42. The fraction of sp³-hybridized carbons (Fsp3) is 0.385. The molecule has 1 aliphatic rings. The summed E-state index contributed by atoms with van der Waals surface area (Å²) in [7, 11) is 0. The highest BCUT2D eigenvalue weighted by molar-refractivity contribution is 5.79. The van der Waals surface area contributed by atoms with Crippen molar-refractivity contribution < 1.29 is 9.13 Å². The number of nitrogens with one attached hydrogen (secondary N) is 2. The number of aliphatic imine (C=N–C) groups is 1. The van der Waals surface area contributed by atoms with Gasteiger partial charge in [0, 0.05) is 44.1 Å². The van der Waals surface area contributed by atoms with Crippen LogP contribution in [0.15, 0.2) is 72.0 Å². The van der Waals surface area contributed by atoms with Gasteiger partial charge in [0.2, 0.25) is 0 Å². The molecule has 0 bridgehead atoms. The van der Waals surface area contributed by atoms with Crippen LogP contribution in [0.4, 0.5) is 4.39 Å². The number of rotatable bonds is 8. The Balaban J connectivity index is 1.48. The zero-order chi connectivity index (χ0) is 22.9. The van der Waals surface area contributed by atoms with Gasteiger partial charge in [0.15, 0.2) is 5.96 Å². The van der Waals surface area contributed by atoms with Crippen LogP contribution < -0.4 is 10.6 Å². The summed E-state index contributed by atoms with van der Waals surface area (Å²) in [6.45, 7) is 6.24. The third-order valence-electron chi connectivity index (χ3n) is 6.26. The Morgan fingerprint density at radius 2 is 1.82 bits per heavy atom. The van der Waals surface area contributed by atoms with E-state index in [1.165, 1.54) is 11.1 Å². The Hall–Kier alpha value is -3.19. The second kappa shape index (κ2) is 11.1. The molecule has 3 aromatic rings. The molecule has 1 aliphatic heterocycles. The van der Waals surface area contributed by atoms with E-state index in [0.29, 0.717) is 26.3 Å². The van der Waals surface area contributed by atoms with E-state index in [9.17, 15) is 4.39 Å². The summed E-state index contributed by atoms with van der Waals surface area (Å²) in [6.07, 6.45) is 5.53. The summed E-state index contributed by atoms with van der Waals surface area (Å²) in [5, 5.41) is 11.2. The van der Waals surface area contributed by atoms with Crippen molar-refractivity contribution >= 4 is 5.96 Å². The number of ether oxygens (including phenoxy) is 1. The van der Waals surface area contributed by atoms with Crippen LogP contribution in [0.5, 0.6) is 0 Å². The van der Waals surface area contributed by atoms with Gasteiger partial charge in [-0.2, -0.15) is 5.10 Å². The molecule has 0 unspecified atom stereocenters. The van der Waals surface area contributed by atoms with Crippen molar-refractivity contribution in [3.05, 3.63) is 89.5 Å². The van der Waals surface area contributed by atoms with Crippen LogP contribution in [-0.2, 0) is 23.2 Å². The molecule has 1 fully saturated rings. The molecule has 0 atom stereocenters. The molecular weight excluding hydrogens is 417 g/mol. The molecule has 0 radical (unpaired) electrons. The maximum atomic E-state index is 13.5. The van der Waals surface area contributed by atoms with Crippen molar-refractivity contribution in [1.82, 2.24) is 20.4 Å². The lowest BCUT2D eigenvalue weighted by Gasteiger charge is -2.38. The minimum absolute atomic E-state index is 0.111. The first-order valence-electron chi connectivity index (χ1n) is 11.6. The molecule has 2 heterocycles. The second-order valence-corrected chi connectivity index (χ2v) is 8.42. The Bertz CT molecular complexity index is 1030. The maximum absolute atomic E-state index is 13.5. The van der Waals surface area contributed by atoms with Crippen molar-refractivity contribution in [1.29, 1.82) is 0 Å². The topological polar surface area (TPSA) is 63.5 Å². The Kier molecular flexibility index (Phi) is 7.73. The fourth-order valence-corrected chi connectivity index (χ4v) is 4.33. The molecule has 0 spiro atoms. The third kappa shape index (κ3) is 5.99. The van der Waals surface area contributed by atoms with Crippen molar-refractivity contribution in [2.45, 2.75) is 38.3 Å². The smallest absolute Gasteiger partial charge is 0.191 e. The zero-order valence-electron chi connectivity index (χ0n) is 19.1. The van der Waals surface area contributed by atoms with Gasteiger partial charge in [0.05, 0.1) is 13.1 Å². The van der Waals surface area contributed by atoms with E-state index in [4.69, 9.17) is 9.73 Å². The van der Waals surface area contributed by atoms with E-state index in [2.05, 4.69) is 34.8 Å². The molecular formula is C26H32FN5O. The number of guanidine groups is 1. The molecule has 2 N–H and O–H groups in total. The van der Waals surface area contributed by atoms with Gasteiger partial charge in [-0.15, -0.1) is 0 Å². The number of hydrogen-bond donors (Lipinski definition) is 2. The van der Waals surface area contributed by atoms with Gasteiger partial charge in [-0.3, -0.25) is 4.68 Å². The Labute approximate surface area is 194 Å². The number of benzene rings is 2. The van der Waals surface area contributed by atoms with E-state index in [-0.39, 0.29) is 11.2 Å². The largest absolute Gasteiger partial charge is 0.381 e. The molecule has 6 nitrogen and oxygen atoms in total. The van der Waals surface area contributed by atoms with Crippen LogP contribution in [0.2, 0.25) is 0 Å². The summed E-state index contributed by atoms with van der Waals surface area (Å²) >= 11 is 0. The zero-order valence-corrected chi connectivity index (χ0v) is 19.1. The highest BCUT2D eigenvalue weighted by Gasteiger charge is 2.34. The van der Waals surface area contributed by atoms with Crippen LogP contribution in [0.25, 0.3) is 0 Å². The predicted molar refractivity (Wildman–Crippen MR) is 129 cm³/mol. The van der Waals surface area contributed by atoms with Gasteiger partial charge in [-0.1, -0.05) is 36.4 Å². The molecule has 1 saturated heterocycles. The highest BCUT2D eigenvalue weighted by atomic mass is 19.1. The van der Waals surface area contributed by atoms with Crippen molar-refractivity contribution in [2.24, 2.45) is 4.99 Å². The standard InChI is InChI=1S/C26H32FN5O/c1-2-28-25(29-18-21-6-3-4-7-22(21)19-32-15-5-14-31-32)30-20-26(12-16-33-17-13-26)23-8-10-24(27)11-9-23/h3-11,14-15H,2,12-13,16-20H2,1H3,(H2,28,29,30). The summed E-state index contributed by atoms with van der Waals surface area (Å²) in [5.41, 5.74) is 3.40. The minimum atomic E-state index is -0.211.